The maximum Gasteiger partial charge on any atom is 0.244 e. The van der Waals surface area contributed by atoms with Gasteiger partial charge < -0.3 is 10.2 Å². The Bertz CT molecular complexity index is 455. The van der Waals surface area contributed by atoms with E-state index in [1.165, 1.54) is 12.0 Å². The minimum atomic E-state index is -0.183. The van der Waals surface area contributed by atoms with Gasteiger partial charge in [-0.25, -0.2) is 0 Å². The van der Waals surface area contributed by atoms with Crippen LogP contribution in [0.2, 0.25) is 0 Å². The normalized spacial score (nSPS) is 17.1. The number of carbonyl (C=O) groups is 1. The second kappa shape index (κ2) is 6.42. The third kappa shape index (κ3) is 3.72. The van der Waals surface area contributed by atoms with Crippen LogP contribution in [0.4, 0.5) is 5.69 Å². The van der Waals surface area contributed by atoms with Gasteiger partial charge >= 0.3 is 0 Å². The van der Waals surface area contributed by atoms with Crippen molar-refractivity contribution < 1.29 is 4.79 Å². The fraction of sp³-hybridized carbons (Fsp3) is 0.533. The van der Waals surface area contributed by atoms with Crippen LogP contribution in [0, 0.1) is 6.92 Å². The first-order chi connectivity index (χ1) is 9.08. The van der Waals surface area contributed by atoms with E-state index >= 15 is 0 Å². The van der Waals surface area contributed by atoms with Crippen molar-refractivity contribution >= 4 is 27.5 Å². The van der Waals surface area contributed by atoms with Gasteiger partial charge in [-0.15, -0.1) is 0 Å². The second-order valence-corrected chi connectivity index (χ2v) is 6.09. The van der Waals surface area contributed by atoms with Crippen molar-refractivity contribution in [1.29, 1.82) is 0 Å². The highest BCUT2D eigenvalue weighted by Crippen LogP contribution is 2.24. The molecule has 1 aromatic carbocycles. The van der Waals surface area contributed by atoms with E-state index in [2.05, 4.69) is 34.2 Å². The predicted octanol–water partition coefficient (Wildman–Crippen LogP) is 3.57. The molecule has 0 bridgehead atoms. The van der Waals surface area contributed by atoms with Crippen LogP contribution < -0.4 is 5.32 Å². The van der Waals surface area contributed by atoms with Crippen molar-refractivity contribution in [2.75, 3.05) is 18.4 Å². The van der Waals surface area contributed by atoms with Crippen molar-refractivity contribution in [2.24, 2.45) is 0 Å². The summed E-state index contributed by atoms with van der Waals surface area (Å²) in [5.41, 5.74) is 2.18. The molecule has 2 rings (SSSR count). The summed E-state index contributed by atoms with van der Waals surface area (Å²) in [6.45, 7) is 5.79. The van der Waals surface area contributed by atoms with Crippen molar-refractivity contribution in [3.05, 3.63) is 28.2 Å². The number of aryl methyl sites for hydroxylation is 1. The van der Waals surface area contributed by atoms with Gasteiger partial charge in [-0.2, -0.15) is 0 Å². The summed E-state index contributed by atoms with van der Waals surface area (Å²) in [5.74, 6) is 0.201. The SMILES string of the molecule is Cc1ccc(NC(C)C(=O)N2CCCCC2)c(Br)c1. The fourth-order valence-electron chi connectivity index (χ4n) is 2.42. The summed E-state index contributed by atoms with van der Waals surface area (Å²) in [6.07, 6.45) is 3.51. The van der Waals surface area contributed by atoms with Crippen LogP contribution >= 0.6 is 15.9 Å². The minimum absolute atomic E-state index is 0.183. The molecule has 1 saturated heterocycles. The van der Waals surface area contributed by atoms with Gasteiger partial charge in [0.15, 0.2) is 0 Å². The molecule has 1 atom stereocenters. The predicted molar refractivity (Wildman–Crippen MR) is 82.4 cm³/mol. The number of likely N-dealkylation sites (tertiary alicyclic amines) is 1. The third-order valence-electron chi connectivity index (χ3n) is 3.53. The van der Waals surface area contributed by atoms with Gasteiger partial charge in [0.25, 0.3) is 0 Å². The smallest absolute Gasteiger partial charge is 0.244 e. The van der Waals surface area contributed by atoms with Crippen molar-refractivity contribution in [3.8, 4) is 0 Å². The first-order valence-corrected chi connectivity index (χ1v) is 7.68. The molecule has 0 spiro atoms. The number of nitrogens with one attached hydrogen (secondary N) is 1. The zero-order valence-electron chi connectivity index (χ0n) is 11.6. The summed E-state index contributed by atoms with van der Waals surface area (Å²) < 4.78 is 1.01. The van der Waals surface area contributed by atoms with Gasteiger partial charge in [-0.05, 0) is 66.7 Å². The number of hydrogen-bond acceptors (Lipinski definition) is 2. The first-order valence-electron chi connectivity index (χ1n) is 6.89. The zero-order chi connectivity index (χ0) is 13.8. The summed E-state index contributed by atoms with van der Waals surface area (Å²) >= 11 is 3.53. The van der Waals surface area contributed by atoms with Gasteiger partial charge in [0, 0.05) is 23.2 Å². The van der Waals surface area contributed by atoms with Gasteiger partial charge in [0.1, 0.15) is 6.04 Å². The number of rotatable bonds is 3. The molecule has 19 heavy (non-hydrogen) atoms. The van der Waals surface area contributed by atoms with E-state index in [-0.39, 0.29) is 11.9 Å². The van der Waals surface area contributed by atoms with Gasteiger partial charge in [0.2, 0.25) is 5.91 Å². The highest BCUT2D eigenvalue weighted by atomic mass is 79.9. The van der Waals surface area contributed by atoms with Gasteiger partial charge in [-0.1, -0.05) is 6.07 Å². The molecule has 1 aromatic rings. The molecule has 1 fully saturated rings. The Labute approximate surface area is 123 Å². The number of halogens is 1. The monoisotopic (exact) mass is 324 g/mol. The number of carbonyl (C=O) groups excluding carboxylic acids is 1. The number of hydrogen-bond donors (Lipinski definition) is 1. The standard InChI is InChI=1S/C15H21BrN2O/c1-11-6-7-14(13(16)10-11)17-12(2)15(19)18-8-4-3-5-9-18/h6-7,10,12,17H,3-5,8-9H2,1-2H3. The highest BCUT2D eigenvalue weighted by Gasteiger charge is 2.22. The number of benzene rings is 1. The molecule has 104 valence electrons. The molecule has 1 unspecified atom stereocenters. The summed E-state index contributed by atoms with van der Waals surface area (Å²) in [5, 5.41) is 3.30. The Balaban J connectivity index is 1.99. The van der Waals surface area contributed by atoms with Gasteiger partial charge in [0.05, 0.1) is 0 Å². The molecule has 1 N–H and O–H groups in total. The van der Waals surface area contributed by atoms with E-state index in [4.69, 9.17) is 0 Å². The molecular weight excluding hydrogens is 304 g/mol. The molecule has 1 heterocycles. The van der Waals surface area contributed by atoms with Crippen LogP contribution in [0.5, 0.6) is 0 Å². The van der Waals surface area contributed by atoms with Crippen LogP contribution in [0.1, 0.15) is 31.7 Å². The maximum absolute atomic E-state index is 12.3. The Kier molecular flexibility index (Phi) is 4.86. The summed E-state index contributed by atoms with van der Waals surface area (Å²) in [6, 6.07) is 5.93. The average molecular weight is 325 g/mol. The quantitative estimate of drug-likeness (QED) is 0.921. The van der Waals surface area contributed by atoms with Crippen LogP contribution in [0.25, 0.3) is 0 Å². The average Bonchev–Trinajstić information content (AvgIpc) is 2.42. The highest BCUT2D eigenvalue weighted by molar-refractivity contribution is 9.10. The van der Waals surface area contributed by atoms with Crippen LogP contribution in [-0.4, -0.2) is 29.9 Å². The van der Waals surface area contributed by atoms with Crippen molar-refractivity contribution in [1.82, 2.24) is 4.90 Å². The van der Waals surface area contributed by atoms with E-state index in [1.54, 1.807) is 0 Å². The lowest BCUT2D eigenvalue weighted by Gasteiger charge is -2.30. The molecule has 0 aromatic heterocycles. The summed E-state index contributed by atoms with van der Waals surface area (Å²) in [7, 11) is 0. The molecular formula is C15H21BrN2O. The van der Waals surface area contributed by atoms with E-state index < -0.39 is 0 Å². The summed E-state index contributed by atoms with van der Waals surface area (Å²) in [4.78, 5) is 14.3. The Hall–Kier alpha value is -1.03. The molecule has 0 radical (unpaired) electrons. The molecule has 3 nitrogen and oxygen atoms in total. The third-order valence-corrected chi connectivity index (χ3v) is 4.19. The molecule has 1 aliphatic heterocycles. The van der Waals surface area contributed by atoms with E-state index in [0.717, 1.165) is 36.1 Å². The molecule has 0 aliphatic carbocycles. The van der Waals surface area contributed by atoms with Gasteiger partial charge in [-0.3, -0.25) is 4.79 Å². The first kappa shape index (κ1) is 14.4. The molecule has 1 amide bonds. The van der Waals surface area contributed by atoms with E-state index in [0.29, 0.717) is 0 Å². The largest absolute Gasteiger partial charge is 0.373 e. The Morgan fingerprint density at radius 1 is 1.32 bits per heavy atom. The topological polar surface area (TPSA) is 32.3 Å². The lowest BCUT2D eigenvalue weighted by Crippen LogP contribution is -2.43. The van der Waals surface area contributed by atoms with Crippen molar-refractivity contribution in [2.45, 2.75) is 39.2 Å². The van der Waals surface area contributed by atoms with Crippen molar-refractivity contribution in [3.63, 3.8) is 0 Å². The van der Waals surface area contributed by atoms with Crippen LogP contribution in [0.3, 0.4) is 0 Å². The fourth-order valence-corrected chi connectivity index (χ4v) is 3.03. The lowest BCUT2D eigenvalue weighted by atomic mass is 10.1. The van der Waals surface area contributed by atoms with E-state index in [9.17, 15) is 4.79 Å². The Morgan fingerprint density at radius 3 is 2.63 bits per heavy atom. The lowest BCUT2D eigenvalue weighted by molar-refractivity contribution is -0.132. The number of anilines is 1. The van der Waals surface area contributed by atoms with Crippen LogP contribution in [0.15, 0.2) is 22.7 Å². The number of amides is 1. The van der Waals surface area contributed by atoms with E-state index in [1.807, 2.05) is 24.0 Å². The minimum Gasteiger partial charge on any atom is -0.373 e. The number of piperidine rings is 1. The zero-order valence-corrected chi connectivity index (χ0v) is 13.2. The van der Waals surface area contributed by atoms with Crippen LogP contribution in [-0.2, 0) is 4.79 Å². The molecule has 1 aliphatic rings. The maximum atomic E-state index is 12.3. The Morgan fingerprint density at radius 2 is 2.00 bits per heavy atom. The number of nitrogens with zero attached hydrogens (tertiary/aromatic N) is 1. The molecule has 4 heteroatoms. The second-order valence-electron chi connectivity index (χ2n) is 5.24. The molecule has 0 saturated carbocycles.